The minimum absolute atomic E-state index is 0.00420. The highest BCUT2D eigenvalue weighted by Gasteiger charge is 2.32. The summed E-state index contributed by atoms with van der Waals surface area (Å²) in [5, 5.41) is 7.10. The Hall–Kier alpha value is -3.11. The fourth-order valence-electron chi connectivity index (χ4n) is 4.09. The second-order valence-corrected chi connectivity index (χ2v) is 12.4. The molecule has 37 heavy (non-hydrogen) atoms. The lowest BCUT2D eigenvalue weighted by molar-refractivity contribution is -0.111. The molecular weight excluding hydrogens is 506 g/mol. The molecule has 8 nitrogen and oxygen atoms in total. The number of benzene rings is 1. The van der Waals surface area contributed by atoms with E-state index in [1.807, 2.05) is 17.3 Å². The summed E-state index contributed by atoms with van der Waals surface area (Å²) in [6.07, 6.45) is 6.76. The van der Waals surface area contributed by atoms with Crippen molar-refractivity contribution in [2.45, 2.75) is 68.0 Å². The predicted molar refractivity (Wildman–Crippen MR) is 149 cm³/mol. The molecule has 0 bridgehead atoms. The number of amides is 2. The summed E-state index contributed by atoms with van der Waals surface area (Å²) in [6.45, 7) is 12.5. The number of anilines is 2. The Morgan fingerprint density at radius 2 is 2.00 bits per heavy atom. The zero-order valence-corrected chi connectivity index (χ0v) is 23.2. The quantitative estimate of drug-likeness (QED) is 0.269. The van der Waals surface area contributed by atoms with Crippen LogP contribution in [0.4, 0.5) is 10.8 Å². The van der Waals surface area contributed by atoms with Gasteiger partial charge in [0.1, 0.15) is 5.76 Å². The van der Waals surface area contributed by atoms with Gasteiger partial charge in [0, 0.05) is 35.3 Å². The number of hydrogen-bond donors (Lipinski definition) is 2. The minimum Gasteiger partial charge on any atom is -0.444 e. The lowest BCUT2D eigenvalue weighted by atomic mass is 9.94. The summed E-state index contributed by atoms with van der Waals surface area (Å²) in [4.78, 5) is 35.6. The molecule has 2 atom stereocenters. The van der Waals surface area contributed by atoms with Crippen LogP contribution < -0.4 is 10.6 Å². The molecule has 2 N–H and O–H groups in total. The van der Waals surface area contributed by atoms with Crippen molar-refractivity contribution in [1.29, 1.82) is 0 Å². The second kappa shape index (κ2) is 11.5. The number of carbonyl (C=O) groups is 2. The number of nitrogens with one attached hydrogen (secondary N) is 2. The Labute approximate surface area is 226 Å². The van der Waals surface area contributed by atoms with E-state index >= 15 is 0 Å². The molecular formula is C27H33N5O3S2. The minimum atomic E-state index is -0.284. The number of nitrogens with zero attached hydrogens (tertiary/aromatic N) is 3. The maximum Gasteiger partial charge on any atom is 0.254 e. The van der Waals surface area contributed by atoms with E-state index in [1.165, 1.54) is 6.08 Å². The molecule has 10 heteroatoms. The summed E-state index contributed by atoms with van der Waals surface area (Å²) in [7, 11) is 0. The van der Waals surface area contributed by atoms with Gasteiger partial charge in [-0.05, 0) is 50.1 Å². The smallest absolute Gasteiger partial charge is 0.254 e. The first kappa shape index (κ1) is 26.9. The summed E-state index contributed by atoms with van der Waals surface area (Å²) >= 11 is 3.25. The normalized spacial score (nSPS) is 17.9. The maximum atomic E-state index is 13.2. The van der Waals surface area contributed by atoms with Crippen molar-refractivity contribution < 1.29 is 14.0 Å². The first-order valence-corrected chi connectivity index (χ1v) is 14.1. The molecule has 0 aliphatic carbocycles. The third-order valence-corrected chi connectivity index (χ3v) is 8.37. The van der Waals surface area contributed by atoms with Crippen molar-refractivity contribution in [3.8, 4) is 0 Å². The van der Waals surface area contributed by atoms with Gasteiger partial charge in [0.05, 0.1) is 22.4 Å². The van der Waals surface area contributed by atoms with Crippen LogP contribution in [-0.2, 0) is 16.0 Å². The Morgan fingerprint density at radius 1 is 1.24 bits per heavy atom. The van der Waals surface area contributed by atoms with Crippen molar-refractivity contribution in [2.75, 3.05) is 17.2 Å². The van der Waals surface area contributed by atoms with Gasteiger partial charge in [-0.3, -0.25) is 9.59 Å². The van der Waals surface area contributed by atoms with Crippen LogP contribution in [0, 0.1) is 0 Å². The molecule has 1 fully saturated rings. The maximum absolute atomic E-state index is 13.2. The fraction of sp³-hybridized carbons (Fsp3) is 0.407. The van der Waals surface area contributed by atoms with Gasteiger partial charge < -0.3 is 20.0 Å². The van der Waals surface area contributed by atoms with Gasteiger partial charge in [-0.25, -0.2) is 9.97 Å². The number of thioether (sulfide) groups is 1. The largest absolute Gasteiger partial charge is 0.444 e. The van der Waals surface area contributed by atoms with E-state index in [1.54, 1.807) is 47.4 Å². The standard InChI is InChI=1S/C27H33N5O3S2/c1-6-22(33)30-19-11-9-18(10-12-19)25(34)32-13-7-8-20(17(32)2)31-26-29-15-24(37-26)36-16-23-28-14-21(35-23)27(3,4)5/h6,9-12,14-15,17,20H,1,7-8,13,16H2,2-5H3,(H,29,31)(H,30,33). The molecule has 1 aliphatic heterocycles. The van der Waals surface area contributed by atoms with Crippen LogP contribution >= 0.6 is 23.1 Å². The number of likely N-dealkylation sites (tertiary alicyclic amines) is 1. The van der Waals surface area contributed by atoms with Gasteiger partial charge in [0.25, 0.3) is 5.91 Å². The van der Waals surface area contributed by atoms with Crippen LogP contribution in [-0.4, -0.2) is 45.3 Å². The van der Waals surface area contributed by atoms with E-state index in [9.17, 15) is 9.59 Å². The molecule has 196 valence electrons. The van der Waals surface area contributed by atoms with E-state index in [0.29, 0.717) is 29.4 Å². The van der Waals surface area contributed by atoms with E-state index in [2.05, 4.69) is 54.9 Å². The molecule has 1 aromatic carbocycles. The Balaban J connectivity index is 1.33. The molecule has 2 aromatic heterocycles. The zero-order chi connectivity index (χ0) is 26.6. The number of piperidine rings is 1. The summed E-state index contributed by atoms with van der Waals surface area (Å²) < 4.78 is 6.97. The monoisotopic (exact) mass is 539 g/mol. The van der Waals surface area contributed by atoms with E-state index < -0.39 is 0 Å². The van der Waals surface area contributed by atoms with Crippen molar-refractivity contribution >= 4 is 45.7 Å². The zero-order valence-electron chi connectivity index (χ0n) is 21.6. The Kier molecular flexibility index (Phi) is 8.39. The molecule has 1 saturated heterocycles. The molecule has 4 rings (SSSR count). The third kappa shape index (κ3) is 6.81. The second-order valence-electron chi connectivity index (χ2n) is 10.0. The highest BCUT2D eigenvalue weighted by atomic mass is 32.2. The van der Waals surface area contributed by atoms with Crippen LogP contribution in [0.3, 0.4) is 0 Å². The SMILES string of the molecule is C=CC(=O)Nc1ccc(C(=O)N2CCCC(Nc3ncc(SCc4ncc(C(C)(C)C)o4)s3)C2C)cc1. The van der Waals surface area contributed by atoms with Gasteiger partial charge in [-0.2, -0.15) is 0 Å². The number of oxazole rings is 1. The molecule has 2 amide bonds. The molecule has 1 aliphatic rings. The predicted octanol–water partition coefficient (Wildman–Crippen LogP) is 5.95. The molecule has 0 radical (unpaired) electrons. The summed E-state index contributed by atoms with van der Waals surface area (Å²) in [5.74, 6) is 1.94. The van der Waals surface area contributed by atoms with Crippen LogP contribution in [0.2, 0.25) is 0 Å². The van der Waals surface area contributed by atoms with E-state index in [4.69, 9.17) is 4.42 Å². The highest BCUT2D eigenvalue weighted by Crippen LogP contribution is 2.33. The number of hydrogen-bond acceptors (Lipinski definition) is 8. The van der Waals surface area contributed by atoms with Crippen molar-refractivity contribution in [3.63, 3.8) is 0 Å². The molecule has 0 saturated carbocycles. The highest BCUT2D eigenvalue weighted by molar-refractivity contribution is 8.00. The molecule has 3 aromatic rings. The Bertz CT molecular complexity index is 1250. The van der Waals surface area contributed by atoms with Crippen molar-refractivity contribution in [3.05, 3.63) is 66.5 Å². The number of thiazole rings is 1. The average molecular weight is 540 g/mol. The van der Waals surface area contributed by atoms with Gasteiger partial charge >= 0.3 is 0 Å². The van der Waals surface area contributed by atoms with E-state index in [-0.39, 0.29) is 29.3 Å². The van der Waals surface area contributed by atoms with Crippen LogP contribution in [0.5, 0.6) is 0 Å². The lowest BCUT2D eigenvalue weighted by Crippen LogP contribution is -2.52. The van der Waals surface area contributed by atoms with Crippen LogP contribution in [0.25, 0.3) is 0 Å². The fourth-order valence-corrected chi connectivity index (χ4v) is 5.87. The van der Waals surface area contributed by atoms with Gasteiger partial charge in [0.2, 0.25) is 11.8 Å². The molecule has 3 heterocycles. The average Bonchev–Trinajstić information content (AvgIpc) is 3.54. The Morgan fingerprint density at radius 3 is 2.68 bits per heavy atom. The number of aromatic nitrogens is 2. The van der Waals surface area contributed by atoms with Crippen LogP contribution in [0.15, 0.2) is 57.9 Å². The first-order chi connectivity index (χ1) is 17.6. The van der Waals surface area contributed by atoms with Crippen LogP contribution in [0.1, 0.15) is 62.5 Å². The van der Waals surface area contributed by atoms with Crippen molar-refractivity contribution in [1.82, 2.24) is 14.9 Å². The van der Waals surface area contributed by atoms with E-state index in [0.717, 1.165) is 27.9 Å². The number of rotatable bonds is 8. The summed E-state index contributed by atoms with van der Waals surface area (Å²) in [6, 6.07) is 7.06. The summed E-state index contributed by atoms with van der Waals surface area (Å²) in [5.41, 5.74) is 1.16. The van der Waals surface area contributed by atoms with Gasteiger partial charge in [-0.15, -0.1) is 11.8 Å². The van der Waals surface area contributed by atoms with Gasteiger partial charge in [-0.1, -0.05) is 38.7 Å². The first-order valence-electron chi connectivity index (χ1n) is 12.3. The topological polar surface area (TPSA) is 100 Å². The van der Waals surface area contributed by atoms with Crippen molar-refractivity contribution in [2.24, 2.45) is 0 Å². The molecule has 0 spiro atoms. The van der Waals surface area contributed by atoms with Gasteiger partial charge in [0.15, 0.2) is 5.13 Å². The lowest BCUT2D eigenvalue weighted by Gasteiger charge is -2.39. The third-order valence-electron chi connectivity index (χ3n) is 6.26. The molecule has 2 unspecified atom stereocenters. The number of carbonyl (C=O) groups excluding carboxylic acids is 2.